The number of anilines is 1. The van der Waals surface area contributed by atoms with Crippen molar-refractivity contribution >= 4 is 22.5 Å². The molecule has 0 saturated carbocycles. The summed E-state index contributed by atoms with van der Waals surface area (Å²) in [5.41, 5.74) is 3.76. The summed E-state index contributed by atoms with van der Waals surface area (Å²) < 4.78 is 13.3. The van der Waals surface area contributed by atoms with Crippen LogP contribution in [0.1, 0.15) is 50.0 Å². The van der Waals surface area contributed by atoms with Crippen LogP contribution in [-0.2, 0) is 4.74 Å². The average Bonchev–Trinajstić information content (AvgIpc) is 3.28. The number of hydrogen-bond acceptors (Lipinski definition) is 8. The maximum absolute atomic E-state index is 12.3. The molecule has 0 amide bonds. The predicted octanol–water partition coefficient (Wildman–Crippen LogP) is 3.43. The van der Waals surface area contributed by atoms with Crippen LogP contribution in [0.4, 0.5) is 5.69 Å². The van der Waals surface area contributed by atoms with E-state index in [2.05, 4.69) is 29.6 Å². The molecule has 1 aliphatic rings. The summed E-state index contributed by atoms with van der Waals surface area (Å²) in [5, 5.41) is 22.2. The summed E-state index contributed by atoms with van der Waals surface area (Å²) in [7, 11) is 1.77. The quantitative estimate of drug-likeness (QED) is 0.378. The lowest BCUT2D eigenvalue weighted by atomic mass is 10.0. The van der Waals surface area contributed by atoms with Crippen molar-refractivity contribution in [2.24, 2.45) is 0 Å². The van der Waals surface area contributed by atoms with Crippen molar-refractivity contribution in [3.63, 3.8) is 0 Å². The van der Waals surface area contributed by atoms with E-state index >= 15 is 0 Å². The molecule has 188 valence electrons. The average molecular weight is 482 g/mol. The van der Waals surface area contributed by atoms with Gasteiger partial charge in [0.25, 0.3) is 0 Å². The van der Waals surface area contributed by atoms with Gasteiger partial charge in [0.2, 0.25) is 0 Å². The molecular formula is C26H35N5O4. The monoisotopic (exact) mass is 481 g/mol. The molecule has 1 saturated heterocycles. The van der Waals surface area contributed by atoms with Gasteiger partial charge in [0.1, 0.15) is 18.5 Å². The van der Waals surface area contributed by atoms with Gasteiger partial charge >= 0.3 is 0 Å². The molecule has 1 aliphatic heterocycles. The van der Waals surface area contributed by atoms with E-state index < -0.39 is 6.10 Å². The number of aromatic nitrogens is 3. The number of fused-ring (bicyclic) bond motifs is 1. The van der Waals surface area contributed by atoms with Crippen LogP contribution in [0.25, 0.3) is 22.3 Å². The second kappa shape index (κ2) is 11.2. The highest BCUT2D eigenvalue weighted by molar-refractivity contribution is 5.97. The molecule has 35 heavy (non-hydrogen) atoms. The van der Waals surface area contributed by atoms with Crippen LogP contribution in [0.3, 0.4) is 0 Å². The van der Waals surface area contributed by atoms with Crippen molar-refractivity contribution in [3.05, 3.63) is 36.0 Å². The first-order chi connectivity index (χ1) is 16.9. The zero-order chi connectivity index (χ0) is 24.9. The van der Waals surface area contributed by atoms with Crippen LogP contribution in [-0.4, -0.2) is 71.2 Å². The molecule has 9 heteroatoms. The molecule has 1 fully saturated rings. The molecule has 1 unspecified atom stereocenters. The molecular weight excluding hydrogens is 446 g/mol. The predicted molar refractivity (Wildman–Crippen MR) is 136 cm³/mol. The van der Waals surface area contributed by atoms with Crippen LogP contribution in [0.5, 0.6) is 5.75 Å². The van der Waals surface area contributed by atoms with Gasteiger partial charge in [-0.05, 0) is 64.9 Å². The minimum Gasteiger partial charge on any atom is -0.491 e. The van der Waals surface area contributed by atoms with E-state index in [4.69, 9.17) is 14.5 Å². The van der Waals surface area contributed by atoms with Gasteiger partial charge in [0, 0.05) is 48.7 Å². The second-order valence-corrected chi connectivity index (χ2v) is 9.33. The topological polar surface area (TPSA) is 111 Å². The van der Waals surface area contributed by atoms with Crippen molar-refractivity contribution in [1.82, 2.24) is 20.1 Å². The fourth-order valence-electron chi connectivity index (χ4n) is 4.25. The fraction of sp³-hybridized carbons (Fsp3) is 0.500. The summed E-state index contributed by atoms with van der Waals surface area (Å²) in [4.78, 5) is 17.2. The number of ether oxygens (including phenoxy) is 2. The Morgan fingerprint density at radius 1 is 1.26 bits per heavy atom. The highest BCUT2D eigenvalue weighted by Gasteiger charge is 2.19. The van der Waals surface area contributed by atoms with Crippen molar-refractivity contribution in [1.29, 1.82) is 0 Å². The summed E-state index contributed by atoms with van der Waals surface area (Å²) in [5.74, 6) is 0.447. The van der Waals surface area contributed by atoms with Gasteiger partial charge in [-0.1, -0.05) is 0 Å². The van der Waals surface area contributed by atoms with E-state index in [-0.39, 0.29) is 18.4 Å². The van der Waals surface area contributed by atoms with Gasteiger partial charge in [-0.2, -0.15) is 5.10 Å². The highest BCUT2D eigenvalue weighted by Crippen LogP contribution is 2.33. The lowest BCUT2D eigenvalue weighted by Gasteiger charge is -2.24. The summed E-state index contributed by atoms with van der Waals surface area (Å²) in [6.07, 6.45) is 3.07. The molecule has 3 heterocycles. The Morgan fingerprint density at radius 2 is 2.03 bits per heavy atom. The molecule has 0 spiro atoms. The Bertz CT molecular complexity index is 1170. The minimum atomic E-state index is -0.658. The van der Waals surface area contributed by atoms with Crippen LogP contribution < -0.4 is 15.4 Å². The third-order valence-electron chi connectivity index (χ3n) is 6.13. The molecule has 2 aromatic heterocycles. The molecule has 1 aromatic carbocycles. The number of benzene rings is 1. The number of carbonyl (C=O) groups is 1. The zero-order valence-electron chi connectivity index (χ0n) is 20.9. The van der Waals surface area contributed by atoms with E-state index in [1.54, 1.807) is 13.1 Å². The zero-order valence-corrected chi connectivity index (χ0v) is 20.9. The van der Waals surface area contributed by atoms with Crippen molar-refractivity contribution in [2.45, 2.75) is 51.8 Å². The van der Waals surface area contributed by atoms with Crippen LogP contribution in [0, 0.1) is 0 Å². The molecule has 3 aromatic rings. The molecule has 0 bridgehead atoms. The maximum atomic E-state index is 12.3. The second-order valence-electron chi connectivity index (χ2n) is 9.33. The van der Waals surface area contributed by atoms with Crippen LogP contribution >= 0.6 is 0 Å². The number of rotatable bonds is 10. The van der Waals surface area contributed by atoms with Gasteiger partial charge < -0.3 is 25.2 Å². The fourth-order valence-corrected chi connectivity index (χ4v) is 4.25. The maximum Gasteiger partial charge on any atom is 0.160 e. The summed E-state index contributed by atoms with van der Waals surface area (Å²) in [6.45, 7) is 7.69. The van der Waals surface area contributed by atoms with Gasteiger partial charge in [-0.15, -0.1) is 0 Å². The number of nitrogens with zero attached hydrogens (tertiary/aromatic N) is 3. The lowest BCUT2D eigenvalue weighted by Crippen LogP contribution is -2.29. The number of nitrogens with one attached hydrogen (secondary N) is 2. The molecule has 4 rings (SSSR count). The number of Topliss-reactive ketones (excluding diaryl/α,β-unsaturated/α-hetero) is 1. The number of aliphatic hydroxyl groups is 1. The number of aliphatic hydroxyl groups excluding tert-OH is 1. The van der Waals surface area contributed by atoms with E-state index in [0.29, 0.717) is 23.9 Å². The summed E-state index contributed by atoms with van der Waals surface area (Å²) in [6, 6.07) is 7.87. The van der Waals surface area contributed by atoms with Crippen molar-refractivity contribution in [2.75, 3.05) is 38.7 Å². The smallest absolute Gasteiger partial charge is 0.160 e. The third-order valence-corrected chi connectivity index (χ3v) is 6.13. The first-order valence-electron chi connectivity index (χ1n) is 12.2. The standard InChI is InChI=1S/C26H35N5O4/c1-16(2)31-26-23(14-28-31)25(29-20-5-7-34-8-6-20)12-24(30-26)19-9-18(17(3)32)10-22(11-19)35-15-21(33)13-27-4/h9-12,14,16,20-21,27,33H,5-8,13,15H2,1-4H3,(H,29,30). The third kappa shape index (κ3) is 5.98. The molecule has 3 N–H and O–H groups in total. The van der Waals surface area contributed by atoms with E-state index in [1.165, 1.54) is 6.92 Å². The number of carbonyl (C=O) groups excluding carboxylic acids is 1. The van der Waals surface area contributed by atoms with Gasteiger partial charge in [0.15, 0.2) is 11.4 Å². The van der Waals surface area contributed by atoms with E-state index in [0.717, 1.165) is 54.0 Å². The first kappa shape index (κ1) is 25.1. The Balaban J connectivity index is 1.77. The van der Waals surface area contributed by atoms with Gasteiger partial charge in [-0.3, -0.25) is 4.79 Å². The highest BCUT2D eigenvalue weighted by atomic mass is 16.5. The van der Waals surface area contributed by atoms with Crippen LogP contribution in [0.2, 0.25) is 0 Å². The number of likely N-dealkylation sites (N-methyl/N-ethyl adjacent to an activating group) is 1. The number of pyridine rings is 1. The Morgan fingerprint density at radius 3 is 2.71 bits per heavy atom. The van der Waals surface area contributed by atoms with Crippen molar-refractivity contribution < 1.29 is 19.4 Å². The largest absolute Gasteiger partial charge is 0.491 e. The number of hydrogen-bond donors (Lipinski definition) is 3. The Hall–Kier alpha value is -3.01. The van der Waals surface area contributed by atoms with E-state index in [1.807, 2.05) is 29.1 Å². The Labute approximate surface area is 205 Å². The van der Waals surface area contributed by atoms with Crippen molar-refractivity contribution in [3.8, 4) is 17.0 Å². The SMILES string of the molecule is CNCC(O)COc1cc(C(C)=O)cc(-c2cc(NC3CCOCC3)c3cnn(C(C)C)c3n2)c1. The van der Waals surface area contributed by atoms with Gasteiger partial charge in [0.05, 0.1) is 17.3 Å². The number of ketones is 1. The minimum absolute atomic E-state index is 0.0682. The van der Waals surface area contributed by atoms with Gasteiger partial charge in [-0.25, -0.2) is 9.67 Å². The summed E-state index contributed by atoms with van der Waals surface area (Å²) >= 11 is 0. The molecule has 9 nitrogen and oxygen atoms in total. The van der Waals surface area contributed by atoms with E-state index in [9.17, 15) is 9.90 Å². The molecule has 0 aliphatic carbocycles. The normalized spacial score (nSPS) is 15.5. The molecule has 0 radical (unpaired) electrons. The molecule has 1 atom stereocenters. The lowest BCUT2D eigenvalue weighted by molar-refractivity contribution is 0.0905. The van der Waals surface area contributed by atoms with Crippen LogP contribution in [0.15, 0.2) is 30.5 Å². The Kier molecular flexibility index (Phi) is 8.00. The first-order valence-corrected chi connectivity index (χ1v) is 12.2.